The first kappa shape index (κ1) is 17.9. The summed E-state index contributed by atoms with van der Waals surface area (Å²) in [6, 6.07) is 13.7. The van der Waals surface area contributed by atoms with Crippen LogP contribution in [0.3, 0.4) is 0 Å². The Morgan fingerprint density at radius 1 is 1.04 bits per heavy atom. The van der Waals surface area contributed by atoms with Crippen LogP contribution in [0.1, 0.15) is 25.0 Å². The zero-order valence-corrected chi connectivity index (χ0v) is 14.9. The summed E-state index contributed by atoms with van der Waals surface area (Å²) in [4.78, 5) is 14.4. The quantitative estimate of drug-likeness (QED) is 0.830. The van der Waals surface area contributed by atoms with Crippen LogP contribution < -0.4 is 15.0 Å². The minimum absolute atomic E-state index is 0.000295. The summed E-state index contributed by atoms with van der Waals surface area (Å²) >= 11 is 0. The third kappa shape index (κ3) is 4.75. The van der Waals surface area contributed by atoms with Crippen molar-refractivity contribution in [3.05, 3.63) is 53.6 Å². The predicted molar refractivity (Wildman–Crippen MR) is 100 cm³/mol. The number of ether oxygens (including phenoxy) is 1. The van der Waals surface area contributed by atoms with E-state index in [2.05, 4.69) is 30.1 Å². The third-order valence-corrected chi connectivity index (χ3v) is 4.00. The summed E-state index contributed by atoms with van der Waals surface area (Å²) in [5.41, 5.74) is 4.20. The average molecular weight is 326 g/mol. The van der Waals surface area contributed by atoms with Crippen LogP contribution >= 0.6 is 0 Å². The molecule has 0 heterocycles. The second-order valence-corrected chi connectivity index (χ2v) is 5.82. The van der Waals surface area contributed by atoms with E-state index in [-0.39, 0.29) is 12.5 Å². The molecule has 0 atom stereocenters. The van der Waals surface area contributed by atoms with Crippen molar-refractivity contribution in [3.8, 4) is 5.75 Å². The number of benzene rings is 2. The molecule has 0 aliphatic carbocycles. The molecule has 0 fully saturated rings. The van der Waals surface area contributed by atoms with Crippen LogP contribution in [0, 0.1) is 13.8 Å². The van der Waals surface area contributed by atoms with Crippen LogP contribution in [0.15, 0.2) is 42.5 Å². The summed E-state index contributed by atoms with van der Waals surface area (Å²) in [5.74, 6) is 0.540. The maximum atomic E-state index is 12.1. The van der Waals surface area contributed by atoms with Crippen molar-refractivity contribution in [3.63, 3.8) is 0 Å². The normalized spacial score (nSPS) is 10.3. The van der Waals surface area contributed by atoms with Crippen LogP contribution in [0.2, 0.25) is 0 Å². The number of hydrogen-bond donors (Lipinski definition) is 1. The van der Waals surface area contributed by atoms with Crippen molar-refractivity contribution < 1.29 is 9.53 Å². The number of nitrogens with zero attached hydrogens (tertiary/aromatic N) is 1. The number of hydrogen-bond acceptors (Lipinski definition) is 3. The first-order chi connectivity index (χ1) is 11.5. The molecule has 0 bridgehead atoms. The Morgan fingerprint density at radius 2 is 1.71 bits per heavy atom. The molecule has 0 unspecified atom stereocenters. The highest BCUT2D eigenvalue weighted by atomic mass is 16.5. The first-order valence-electron chi connectivity index (χ1n) is 8.38. The lowest BCUT2D eigenvalue weighted by atomic mass is 10.1. The molecule has 0 aliphatic rings. The molecule has 1 N–H and O–H groups in total. The van der Waals surface area contributed by atoms with E-state index >= 15 is 0 Å². The molecular formula is C20H26N2O2. The van der Waals surface area contributed by atoms with Gasteiger partial charge in [0, 0.05) is 24.5 Å². The standard InChI is InChI=1S/C20H26N2O2/c1-5-22(6-2)17-9-12-19(16(4)13-17)21-20(23)14-24-18-10-7-15(3)8-11-18/h7-13H,5-6,14H2,1-4H3,(H,21,23). The van der Waals surface area contributed by atoms with Crippen LogP contribution in [0.5, 0.6) is 5.75 Å². The van der Waals surface area contributed by atoms with E-state index in [1.54, 1.807) is 0 Å². The van der Waals surface area contributed by atoms with E-state index < -0.39 is 0 Å². The van der Waals surface area contributed by atoms with E-state index in [1.807, 2.05) is 50.2 Å². The highest BCUT2D eigenvalue weighted by molar-refractivity contribution is 5.92. The lowest BCUT2D eigenvalue weighted by molar-refractivity contribution is -0.118. The fourth-order valence-electron chi connectivity index (χ4n) is 2.54. The summed E-state index contributed by atoms with van der Waals surface area (Å²) in [7, 11) is 0. The SMILES string of the molecule is CCN(CC)c1ccc(NC(=O)COc2ccc(C)cc2)c(C)c1. The summed E-state index contributed by atoms with van der Waals surface area (Å²) < 4.78 is 5.51. The highest BCUT2D eigenvalue weighted by Gasteiger charge is 2.08. The summed E-state index contributed by atoms with van der Waals surface area (Å²) in [6.45, 7) is 10.2. The molecule has 0 spiro atoms. The van der Waals surface area contributed by atoms with E-state index in [1.165, 1.54) is 5.69 Å². The second-order valence-electron chi connectivity index (χ2n) is 5.82. The van der Waals surface area contributed by atoms with Gasteiger partial charge in [0.15, 0.2) is 6.61 Å². The van der Waals surface area contributed by atoms with Gasteiger partial charge < -0.3 is 15.0 Å². The van der Waals surface area contributed by atoms with Crippen molar-refractivity contribution in [2.75, 3.05) is 29.9 Å². The number of anilines is 2. The molecule has 0 saturated heterocycles. The van der Waals surface area contributed by atoms with Gasteiger partial charge in [0.25, 0.3) is 5.91 Å². The second kappa shape index (κ2) is 8.39. The van der Waals surface area contributed by atoms with Crippen molar-refractivity contribution >= 4 is 17.3 Å². The number of amides is 1. The van der Waals surface area contributed by atoms with Gasteiger partial charge in [0.2, 0.25) is 0 Å². The molecule has 1 amide bonds. The summed E-state index contributed by atoms with van der Waals surface area (Å²) in [5, 5.41) is 2.91. The Kier molecular flexibility index (Phi) is 6.24. The minimum Gasteiger partial charge on any atom is -0.484 e. The number of rotatable bonds is 7. The molecule has 2 aromatic rings. The predicted octanol–water partition coefficient (Wildman–Crippen LogP) is 4.17. The van der Waals surface area contributed by atoms with Gasteiger partial charge in [-0.2, -0.15) is 0 Å². The Labute approximate surface area is 144 Å². The fraction of sp³-hybridized carbons (Fsp3) is 0.350. The van der Waals surface area contributed by atoms with Crippen molar-refractivity contribution in [1.82, 2.24) is 0 Å². The molecule has 2 aromatic carbocycles. The van der Waals surface area contributed by atoms with Crippen LogP contribution in [0.4, 0.5) is 11.4 Å². The monoisotopic (exact) mass is 326 g/mol. The lowest BCUT2D eigenvalue weighted by Gasteiger charge is -2.22. The van der Waals surface area contributed by atoms with Crippen molar-refractivity contribution in [1.29, 1.82) is 0 Å². The fourth-order valence-corrected chi connectivity index (χ4v) is 2.54. The van der Waals surface area contributed by atoms with Crippen LogP contribution in [-0.2, 0) is 4.79 Å². The van der Waals surface area contributed by atoms with Gasteiger partial charge in [0.05, 0.1) is 0 Å². The van der Waals surface area contributed by atoms with Gasteiger partial charge in [0.1, 0.15) is 5.75 Å². The van der Waals surface area contributed by atoms with Gasteiger partial charge in [-0.05, 0) is 63.6 Å². The largest absolute Gasteiger partial charge is 0.484 e. The number of carbonyl (C=O) groups is 1. The molecule has 0 saturated carbocycles. The van der Waals surface area contributed by atoms with Gasteiger partial charge in [-0.1, -0.05) is 17.7 Å². The van der Waals surface area contributed by atoms with E-state index in [0.717, 1.165) is 29.9 Å². The molecule has 4 heteroatoms. The smallest absolute Gasteiger partial charge is 0.262 e. The third-order valence-electron chi connectivity index (χ3n) is 4.00. The maximum Gasteiger partial charge on any atom is 0.262 e. The van der Waals surface area contributed by atoms with E-state index in [0.29, 0.717) is 5.75 Å². The summed E-state index contributed by atoms with van der Waals surface area (Å²) in [6.07, 6.45) is 0. The molecule has 4 nitrogen and oxygen atoms in total. The first-order valence-corrected chi connectivity index (χ1v) is 8.38. The van der Waals surface area contributed by atoms with Crippen LogP contribution in [0.25, 0.3) is 0 Å². The molecule has 0 aliphatic heterocycles. The average Bonchev–Trinajstić information content (AvgIpc) is 2.58. The number of nitrogens with one attached hydrogen (secondary N) is 1. The lowest BCUT2D eigenvalue weighted by Crippen LogP contribution is -2.23. The molecule has 0 radical (unpaired) electrons. The minimum atomic E-state index is -0.158. The molecular weight excluding hydrogens is 300 g/mol. The zero-order valence-electron chi connectivity index (χ0n) is 14.9. The Bertz CT molecular complexity index is 677. The Balaban J connectivity index is 1.95. The highest BCUT2D eigenvalue weighted by Crippen LogP contribution is 2.22. The molecule has 0 aromatic heterocycles. The van der Waals surface area contributed by atoms with Gasteiger partial charge in [-0.25, -0.2) is 0 Å². The van der Waals surface area contributed by atoms with Crippen molar-refractivity contribution in [2.24, 2.45) is 0 Å². The van der Waals surface area contributed by atoms with Gasteiger partial charge in [-0.15, -0.1) is 0 Å². The van der Waals surface area contributed by atoms with Crippen LogP contribution in [-0.4, -0.2) is 25.6 Å². The molecule has 128 valence electrons. The molecule has 24 heavy (non-hydrogen) atoms. The van der Waals surface area contributed by atoms with Gasteiger partial charge in [-0.3, -0.25) is 4.79 Å². The Hall–Kier alpha value is -2.49. The zero-order chi connectivity index (χ0) is 17.5. The topological polar surface area (TPSA) is 41.6 Å². The Morgan fingerprint density at radius 3 is 2.29 bits per heavy atom. The molecule has 2 rings (SSSR count). The number of carbonyl (C=O) groups excluding carboxylic acids is 1. The number of aryl methyl sites for hydroxylation is 2. The van der Waals surface area contributed by atoms with Crippen molar-refractivity contribution in [2.45, 2.75) is 27.7 Å². The maximum absolute atomic E-state index is 12.1. The van der Waals surface area contributed by atoms with E-state index in [9.17, 15) is 4.79 Å². The van der Waals surface area contributed by atoms with Gasteiger partial charge >= 0.3 is 0 Å². The van der Waals surface area contributed by atoms with E-state index in [4.69, 9.17) is 4.74 Å².